The van der Waals surface area contributed by atoms with Crippen LogP contribution in [0.4, 0.5) is 0 Å². The summed E-state index contributed by atoms with van der Waals surface area (Å²) in [6.07, 6.45) is 4.92. The van der Waals surface area contributed by atoms with Crippen LogP contribution in [0.5, 0.6) is 11.5 Å². The van der Waals surface area contributed by atoms with E-state index in [0.29, 0.717) is 5.92 Å². The summed E-state index contributed by atoms with van der Waals surface area (Å²) in [6.45, 7) is 2.55. The second kappa shape index (κ2) is 7.50. The quantitative estimate of drug-likeness (QED) is 0.715. The van der Waals surface area contributed by atoms with Crippen molar-refractivity contribution in [3.05, 3.63) is 23.3 Å². The first kappa shape index (κ1) is 15.1. The molecular weight excluding hydrogens is 256 g/mol. The second-order valence-corrected chi connectivity index (χ2v) is 5.26. The Morgan fingerprint density at radius 1 is 0.950 bits per heavy atom. The number of hydrogen-bond donors (Lipinski definition) is 0. The molecule has 0 radical (unpaired) electrons. The van der Waals surface area contributed by atoms with E-state index in [1.165, 1.54) is 31.2 Å². The van der Waals surface area contributed by atoms with Crippen LogP contribution < -0.4 is 9.47 Å². The van der Waals surface area contributed by atoms with Gasteiger partial charge in [-0.3, -0.25) is 0 Å². The highest BCUT2D eigenvalue weighted by molar-refractivity contribution is 5.50. The second-order valence-electron chi connectivity index (χ2n) is 5.26. The Bertz CT molecular complexity index is 395. The molecular formula is C16H24O4. The highest BCUT2D eigenvalue weighted by Gasteiger charge is 2.25. The molecule has 0 heterocycles. The van der Waals surface area contributed by atoms with Crippen LogP contribution in [0.1, 0.15) is 42.7 Å². The van der Waals surface area contributed by atoms with Crippen LogP contribution in [-0.4, -0.2) is 27.8 Å². The van der Waals surface area contributed by atoms with Gasteiger partial charge in [-0.05, 0) is 43.4 Å². The predicted octanol–water partition coefficient (Wildman–Crippen LogP) is 3.62. The minimum atomic E-state index is 0.257. The van der Waals surface area contributed by atoms with Crippen molar-refractivity contribution in [3.63, 3.8) is 0 Å². The monoisotopic (exact) mass is 280 g/mol. The maximum atomic E-state index is 5.76. The third kappa shape index (κ3) is 3.64. The van der Waals surface area contributed by atoms with Crippen LogP contribution in [0.25, 0.3) is 0 Å². The smallest absolute Gasteiger partial charge is 0.188 e. The summed E-state index contributed by atoms with van der Waals surface area (Å²) in [5.74, 6) is 2.27. The van der Waals surface area contributed by atoms with E-state index in [9.17, 15) is 0 Å². The Morgan fingerprint density at radius 3 is 1.90 bits per heavy atom. The van der Waals surface area contributed by atoms with E-state index in [1.54, 1.807) is 14.2 Å². The van der Waals surface area contributed by atoms with Crippen LogP contribution in [0.3, 0.4) is 0 Å². The Balaban J connectivity index is 2.33. The molecule has 0 aliphatic heterocycles. The topological polar surface area (TPSA) is 36.9 Å². The molecule has 1 aromatic rings. The Morgan fingerprint density at radius 2 is 1.45 bits per heavy atom. The summed E-state index contributed by atoms with van der Waals surface area (Å²) in [7, 11) is 3.26. The zero-order valence-corrected chi connectivity index (χ0v) is 12.6. The van der Waals surface area contributed by atoms with Gasteiger partial charge in [-0.1, -0.05) is 12.8 Å². The van der Waals surface area contributed by atoms with E-state index < -0.39 is 0 Å². The fourth-order valence-corrected chi connectivity index (χ4v) is 2.83. The molecule has 0 spiro atoms. The van der Waals surface area contributed by atoms with Gasteiger partial charge < -0.3 is 18.9 Å². The van der Waals surface area contributed by atoms with Crippen molar-refractivity contribution in [2.75, 3.05) is 27.8 Å². The molecule has 1 saturated carbocycles. The first-order chi connectivity index (χ1) is 9.76. The molecule has 4 nitrogen and oxygen atoms in total. The molecule has 0 bridgehead atoms. The van der Waals surface area contributed by atoms with Crippen LogP contribution in [-0.2, 0) is 9.47 Å². The molecule has 1 aliphatic rings. The fraction of sp³-hybridized carbons (Fsp3) is 0.625. The number of aryl methyl sites for hydroxylation is 1. The van der Waals surface area contributed by atoms with Gasteiger partial charge in [0.25, 0.3) is 0 Å². The molecule has 20 heavy (non-hydrogen) atoms. The van der Waals surface area contributed by atoms with Gasteiger partial charge in [0.2, 0.25) is 0 Å². The molecule has 2 rings (SSSR count). The fourth-order valence-electron chi connectivity index (χ4n) is 2.83. The number of hydrogen-bond acceptors (Lipinski definition) is 4. The van der Waals surface area contributed by atoms with Crippen LogP contribution in [0.2, 0.25) is 0 Å². The van der Waals surface area contributed by atoms with Gasteiger partial charge in [0.15, 0.2) is 13.6 Å². The molecule has 0 amide bonds. The minimum absolute atomic E-state index is 0.257. The largest absolute Gasteiger partial charge is 0.467 e. The summed E-state index contributed by atoms with van der Waals surface area (Å²) in [4.78, 5) is 0. The Labute approximate surface area is 121 Å². The van der Waals surface area contributed by atoms with E-state index in [0.717, 1.165) is 17.1 Å². The molecule has 1 fully saturated rings. The zero-order chi connectivity index (χ0) is 14.4. The predicted molar refractivity (Wildman–Crippen MR) is 77.4 cm³/mol. The summed E-state index contributed by atoms with van der Waals surface area (Å²) >= 11 is 0. The lowest BCUT2D eigenvalue weighted by molar-refractivity contribution is 0.0441. The molecule has 1 aliphatic carbocycles. The maximum Gasteiger partial charge on any atom is 0.188 e. The number of rotatable bonds is 7. The van der Waals surface area contributed by atoms with Gasteiger partial charge in [0.05, 0.1) is 0 Å². The molecule has 1 aromatic carbocycles. The zero-order valence-electron chi connectivity index (χ0n) is 12.6. The van der Waals surface area contributed by atoms with Crippen molar-refractivity contribution in [2.24, 2.45) is 0 Å². The standard InChI is InChI=1S/C16H24O4/c1-12-8-14(19-10-17-2)16(13-6-4-5-7-13)15(9-12)20-11-18-3/h8-9,13H,4-7,10-11H2,1-3H3. The van der Waals surface area contributed by atoms with Gasteiger partial charge in [-0.15, -0.1) is 0 Å². The Hall–Kier alpha value is -1.26. The highest BCUT2D eigenvalue weighted by Crippen LogP contribution is 2.44. The van der Waals surface area contributed by atoms with Crippen molar-refractivity contribution in [2.45, 2.75) is 38.5 Å². The summed E-state index contributed by atoms with van der Waals surface area (Å²) in [5.41, 5.74) is 2.28. The molecule has 0 N–H and O–H groups in total. The number of benzene rings is 1. The van der Waals surface area contributed by atoms with Crippen molar-refractivity contribution >= 4 is 0 Å². The van der Waals surface area contributed by atoms with Crippen LogP contribution >= 0.6 is 0 Å². The van der Waals surface area contributed by atoms with Crippen LogP contribution in [0, 0.1) is 6.92 Å². The van der Waals surface area contributed by atoms with E-state index in [2.05, 4.69) is 12.1 Å². The minimum Gasteiger partial charge on any atom is -0.467 e. The summed E-state index contributed by atoms with van der Waals surface area (Å²) < 4.78 is 21.6. The highest BCUT2D eigenvalue weighted by atomic mass is 16.7. The lowest BCUT2D eigenvalue weighted by Crippen LogP contribution is -2.08. The van der Waals surface area contributed by atoms with Gasteiger partial charge in [0, 0.05) is 19.8 Å². The third-order valence-electron chi connectivity index (χ3n) is 3.68. The van der Waals surface area contributed by atoms with Crippen molar-refractivity contribution in [1.29, 1.82) is 0 Å². The van der Waals surface area contributed by atoms with E-state index in [4.69, 9.17) is 18.9 Å². The summed E-state index contributed by atoms with van der Waals surface area (Å²) in [5, 5.41) is 0. The van der Waals surface area contributed by atoms with Crippen molar-refractivity contribution < 1.29 is 18.9 Å². The molecule has 0 saturated heterocycles. The lowest BCUT2D eigenvalue weighted by atomic mass is 9.94. The Kier molecular flexibility index (Phi) is 5.68. The summed E-state index contributed by atoms with van der Waals surface area (Å²) in [6, 6.07) is 4.12. The molecule has 4 heteroatoms. The van der Waals surface area contributed by atoms with Gasteiger partial charge in [-0.2, -0.15) is 0 Å². The van der Waals surface area contributed by atoms with Gasteiger partial charge in [0.1, 0.15) is 11.5 Å². The van der Waals surface area contributed by atoms with Crippen molar-refractivity contribution in [1.82, 2.24) is 0 Å². The van der Waals surface area contributed by atoms with E-state index in [-0.39, 0.29) is 13.6 Å². The first-order valence-electron chi connectivity index (χ1n) is 7.14. The third-order valence-corrected chi connectivity index (χ3v) is 3.68. The van der Waals surface area contributed by atoms with E-state index in [1.807, 2.05) is 6.92 Å². The molecule has 0 aromatic heterocycles. The van der Waals surface area contributed by atoms with Gasteiger partial charge >= 0.3 is 0 Å². The molecule has 0 unspecified atom stereocenters. The number of ether oxygens (including phenoxy) is 4. The van der Waals surface area contributed by atoms with Crippen molar-refractivity contribution in [3.8, 4) is 11.5 Å². The SMILES string of the molecule is COCOc1cc(C)cc(OCOC)c1C1CCCC1. The normalized spacial score (nSPS) is 15.6. The first-order valence-corrected chi connectivity index (χ1v) is 7.14. The molecule has 112 valence electrons. The van der Waals surface area contributed by atoms with E-state index >= 15 is 0 Å². The van der Waals surface area contributed by atoms with Gasteiger partial charge in [-0.25, -0.2) is 0 Å². The lowest BCUT2D eigenvalue weighted by Gasteiger charge is -2.21. The molecule has 0 atom stereocenters. The number of methoxy groups -OCH3 is 2. The average Bonchev–Trinajstić information content (AvgIpc) is 2.96. The average molecular weight is 280 g/mol. The van der Waals surface area contributed by atoms with Crippen LogP contribution in [0.15, 0.2) is 12.1 Å². The maximum absolute atomic E-state index is 5.76.